The zero-order chi connectivity index (χ0) is 11.3. The first-order valence-corrected chi connectivity index (χ1v) is 6.17. The number of hydrogen-bond donors (Lipinski definition) is 1. The van der Waals surface area contributed by atoms with Gasteiger partial charge < -0.3 is 9.84 Å². The van der Waals surface area contributed by atoms with Gasteiger partial charge in [0.05, 0.1) is 17.2 Å². The van der Waals surface area contributed by atoms with E-state index < -0.39 is 6.10 Å². The van der Waals surface area contributed by atoms with Crippen LogP contribution in [0, 0.1) is 6.92 Å². The molecule has 86 valence electrons. The maximum absolute atomic E-state index is 9.94. The summed E-state index contributed by atoms with van der Waals surface area (Å²) in [6.07, 6.45) is 1.99. The molecule has 15 heavy (non-hydrogen) atoms. The molecule has 0 amide bonds. The summed E-state index contributed by atoms with van der Waals surface area (Å²) < 4.78 is 5.26. The number of hydrogen-bond acceptors (Lipinski definition) is 4. The van der Waals surface area contributed by atoms with Crippen molar-refractivity contribution in [3.63, 3.8) is 0 Å². The molecule has 3 nitrogen and oxygen atoms in total. The predicted molar refractivity (Wildman–Crippen MR) is 62.3 cm³/mol. The van der Waals surface area contributed by atoms with Crippen LogP contribution in [0.1, 0.15) is 30.5 Å². The summed E-state index contributed by atoms with van der Waals surface area (Å²) in [6.45, 7) is 4.05. The Bertz CT molecular complexity index is 288. The molecular weight excluding hydrogens is 210 g/mol. The zero-order valence-electron chi connectivity index (χ0n) is 9.56. The lowest BCUT2D eigenvalue weighted by molar-refractivity contribution is -0.0159. The van der Waals surface area contributed by atoms with E-state index >= 15 is 0 Å². The SMILES string of the molecule is CCCC(OC)C(O)Cc1nc(C)cs1. The number of aromatic nitrogens is 1. The molecule has 4 heteroatoms. The average molecular weight is 229 g/mol. The van der Waals surface area contributed by atoms with E-state index in [9.17, 15) is 5.11 Å². The predicted octanol–water partition coefficient (Wildman–Crippen LogP) is 2.17. The van der Waals surface area contributed by atoms with E-state index in [0.717, 1.165) is 23.5 Å². The Labute approximate surface area is 95.1 Å². The Morgan fingerprint density at radius 3 is 2.80 bits per heavy atom. The van der Waals surface area contributed by atoms with Gasteiger partial charge in [0.15, 0.2) is 0 Å². The molecule has 0 radical (unpaired) electrons. The van der Waals surface area contributed by atoms with Crippen LogP contribution in [0.2, 0.25) is 0 Å². The van der Waals surface area contributed by atoms with Crippen LogP contribution in [0.15, 0.2) is 5.38 Å². The van der Waals surface area contributed by atoms with Gasteiger partial charge in [0, 0.05) is 24.6 Å². The van der Waals surface area contributed by atoms with E-state index in [2.05, 4.69) is 11.9 Å². The highest BCUT2D eigenvalue weighted by atomic mass is 32.1. The maximum atomic E-state index is 9.94. The van der Waals surface area contributed by atoms with Crippen molar-refractivity contribution in [2.75, 3.05) is 7.11 Å². The third kappa shape index (κ3) is 3.89. The van der Waals surface area contributed by atoms with Crippen LogP contribution in [0.4, 0.5) is 0 Å². The molecule has 0 aliphatic heterocycles. The van der Waals surface area contributed by atoms with Gasteiger partial charge >= 0.3 is 0 Å². The van der Waals surface area contributed by atoms with Crippen LogP contribution in [-0.2, 0) is 11.2 Å². The third-order valence-electron chi connectivity index (χ3n) is 2.36. The van der Waals surface area contributed by atoms with Crippen molar-refractivity contribution in [1.82, 2.24) is 4.98 Å². The van der Waals surface area contributed by atoms with Crippen molar-refractivity contribution >= 4 is 11.3 Å². The first-order valence-electron chi connectivity index (χ1n) is 5.29. The Kier molecular flexibility index (Phi) is 5.22. The molecule has 0 saturated heterocycles. The summed E-state index contributed by atoms with van der Waals surface area (Å²) in [5.74, 6) is 0. The van der Waals surface area contributed by atoms with E-state index in [1.807, 2.05) is 12.3 Å². The van der Waals surface area contributed by atoms with Crippen LogP contribution < -0.4 is 0 Å². The number of methoxy groups -OCH3 is 1. The normalized spacial score (nSPS) is 15.2. The molecular formula is C11H19NO2S. The molecule has 2 atom stereocenters. The van der Waals surface area contributed by atoms with Crippen LogP contribution in [0.25, 0.3) is 0 Å². The van der Waals surface area contributed by atoms with Gasteiger partial charge in [-0.3, -0.25) is 0 Å². The van der Waals surface area contributed by atoms with Crippen molar-refractivity contribution in [3.05, 3.63) is 16.1 Å². The van der Waals surface area contributed by atoms with Gasteiger partial charge in [0.2, 0.25) is 0 Å². The summed E-state index contributed by atoms with van der Waals surface area (Å²) in [4.78, 5) is 4.33. The average Bonchev–Trinajstić information content (AvgIpc) is 2.60. The molecule has 0 saturated carbocycles. The van der Waals surface area contributed by atoms with E-state index in [1.165, 1.54) is 0 Å². The molecule has 0 fully saturated rings. The summed E-state index contributed by atoms with van der Waals surface area (Å²) in [5, 5.41) is 12.9. The number of aliphatic hydroxyl groups excluding tert-OH is 1. The van der Waals surface area contributed by atoms with Crippen LogP contribution in [0.5, 0.6) is 0 Å². The zero-order valence-corrected chi connectivity index (χ0v) is 10.4. The second kappa shape index (κ2) is 6.20. The number of thiazole rings is 1. The summed E-state index contributed by atoms with van der Waals surface area (Å²) in [7, 11) is 1.65. The second-order valence-electron chi connectivity index (χ2n) is 3.72. The van der Waals surface area contributed by atoms with Crippen molar-refractivity contribution in [1.29, 1.82) is 0 Å². The molecule has 1 aromatic heterocycles. The van der Waals surface area contributed by atoms with Gasteiger partial charge in [-0.25, -0.2) is 4.98 Å². The van der Waals surface area contributed by atoms with E-state index in [1.54, 1.807) is 18.4 Å². The first-order chi connectivity index (χ1) is 7.17. The lowest BCUT2D eigenvalue weighted by Crippen LogP contribution is -2.29. The monoisotopic (exact) mass is 229 g/mol. The lowest BCUT2D eigenvalue weighted by atomic mass is 10.1. The molecule has 0 spiro atoms. The van der Waals surface area contributed by atoms with Gasteiger partial charge in [0.25, 0.3) is 0 Å². The molecule has 0 aliphatic rings. The van der Waals surface area contributed by atoms with E-state index in [0.29, 0.717) is 6.42 Å². The molecule has 1 rings (SSSR count). The smallest absolute Gasteiger partial charge is 0.0954 e. The quantitative estimate of drug-likeness (QED) is 0.813. The number of nitrogens with zero attached hydrogens (tertiary/aromatic N) is 1. The fourth-order valence-corrected chi connectivity index (χ4v) is 2.38. The highest BCUT2D eigenvalue weighted by Crippen LogP contribution is 2.15. The van der Waals surface area contributed by atoms with Gasteiger partial charge in [-0.15, -0.1) is 11.3 Å². The van der Waals surface area contributed by atoms with Gasteiger partial charge in [-0.2, -0.15) is 0 Å². The highest BCUT2D eigenvalue weighted by Gasteiger charge is 2.19. The third-order valence-corrected chi connectivity index (χ3v) is 3.34. The van der Waals surface area contributed by atoms with Crippen molar-refractivity contribution in [2.24, 2.45) is 0 Å². The van der Waals surface area contributed by atoms with Gasteiger partial charge in [0.1, 0.15) is 0 Å². The minimum absolute atomic E-state index is 0.0702. The largest absolute Gasteiger partial charge is 0.390 e. The Hall–Kier alpha value is -0.450. The summed E-state index contributed by atoms with van der Waals surface area (Å²) in [6, 6.07) is 0. The molecule has 0 aliphatic carbocycles. The number of aryl methyl sites for hydroxylation is 1. The van der Waals surface area contributed by atoms with E-state index in [-0.39, 0.29) is 6.10 Å². The topological polar surface area (TPSA) is 42.4 Å². The number of rotatable bonds is 6. The van der Waals surface area contributed by atoms with Crippen LogP contribution >= 0.6 is 11.3 Å². The fourth-order valence-electron chi connectivity index (χ4n) is 1.56. The van der Waals surface area contributed by atoms with Crippen molar-refractivity contribution in [2.45, 2.75) is 45.3 Å². The number of ether oxygens (including phenoxy) is 1. The fraction of sp³-hybridized carbons (Fsp3) is 0.727. The maximum Gasteiger partial charge on any atom is 0.0954 e. The Morgan fingerprint density at radius 1 is 1.60 bits per heavy atom. The molecule has 0 bridgehead atoms. The summed E-state index contributed by atoms with van der Waals surface area (Å²) in [5.41, 5.74) is 1.02. The summed E-state index contributed by atoms with van der Waals surface area (Å²) >= 11 is 1.60. The highest BCUT2D eigenvalue weighted by molar-refractivity contribution is 7.09. The van der Waals surface area contributed by atoms with Gasteiger partial charge in [-0.1, -0.05) is 13.3 Å². The minimum Gasteiger partial charge on any atom is -0.390 e. The molecule has 1 N–H and O–H groups in total. The molecule has 0 aromatic carbocycles. The lowest BCUT2D eigenvalue weighted by Gasteiger charge is -2.20. The molecule has 1 heterocycles. The van der Waals surface area contributed by atoms with Gasteiger partial charge in [-0.05, 0) is 13.3 Å². The minimum atomic E-state index is -0.444. The molecule has 1 aromatic rings. The van der Waals surface area contributed by atoms with Crippen LogP contribution in [-0.4, -0.2) is 29.4 Å². The number of aliphatic hydroxyl groups is 1. The second-order valence-corrected chi connectivity index (χ2v) is 4.66. The van der Waals surface area contributed by atoms with Crippen molar-refractivity contribution < 1.29 is 9.84 Å². The van der Waals surface area contributed by atoms with Crippen LogP contribution in [0.3, 0.4) is 0 Å². The van der Waals surface area contributed by atoms with Crippen molar-refractivity contribution in [3.8, 4) is 0 Å². The first kappa shape index (κ1) is 12.6. The van der Waals surface area contributed by atoms with E-state index in [4.69, 9.17) is 4.74 Å². The molecule has 2 unspecified atom stereocenters. The Morgan fingerprint density at radius 2 is 2.33 bits per heavy atom. The standard InChI is InChI=1S/C11H19NO2S/c1-4-5-10(14-3)9(13)6-11-12-8(2)7-15-11/h7,9-10,13H,4-6H2,1-3H3. The Balaban J connectivity index is 2.49.